The van der Waals surface area contributed by atoms with Gasteiger partial charge in [-0.25, -0.2) is 4.98 Å². The smallest absolute Gasteiger partial charge is 0.257 e. The highest BCUT2D eigenvalue weighted by Gasteiger charge is 2.38. The number of nitrogens with one attached hydrogen (secondary N) is 1. The molecule has 8 nitrogen and oxygen atoms in total. The molecule has 0 saturated carbocycles. The number of pyridine rings is 1. The van der Waals surface area contributed by atoms with Gasteiger partial charge in [-0.15, -0.1) is 11.3 Å². The van der Waals surface area contributed by atoms with Crippen molar-refractivity contribution in [1.29, 1.82) is 0 Å². The molecule has 1 amide bonds. The summed E-state index contributed by atoms with van der Waals surface area (Å²) < 4.78 is 3.92. The van der Waals surface area contributed by atoms with E-state index in [9.17, 15) is 14.7 Å². The summed E-state index contributed by atoms with van der Waals surface area (Å²) in [6, 6.07) is 40.1. The Bertz CT molecular complexity index is 2260. The standard InChI is InChI=1S/C42H38ClN5O3S/c1-46(24-34-22-35-39(50)36(25-47(2)41(35)52-34)40(51)44-23-29-18-20-33(43)21-19-29)27-38(49)37-26-48(28-45-37)42(30-12-6-3-7-13-30,31-14-8-4-9-15-31)32-16-10-5-11-17-32/h3-22,25-26,28,38,49H,23-24,27H2,1-2H3,(H,44,51). The first-order chi connectivity index (χ1) is 25.2. The number of hydrogen-bond donors (Lipinski definition) is 2. The van der Waals surface area contributed by atoms with E-state index in [1.807, 2.05) is 103 Å². The lowest BCUT2D eigenvalue weighted by Gasteiger charge is -2.37. The van der Waals surface area contributed by atoms with Crippen molar-refractivity contribution in [3.05, 3.63) is 194 Å². The average molecular weight is 728 g/mol. The zero-order valence-electron chi connectivity index (χ0n) is 28.8. The van der Waals surface area contributed by atoms with E-state index in [1.54, 1.807) is 24.7 Å². The summed E-state index contributed by atoms with van der Waals surface area (Å²) >= 11 is 7.47. The second-order valence-corrected chi connectivity index (χ2v) is 14.5. The summed E-state index contributed by atoms with van der Waals surface area (Å²) in [4.78, 5) is 35.0. The minimum absolute atomic E-state index is 0.0882. The van der Waals surface area contributed by atoms with Gasteiger partial charge in [0.1, 0.15) is 22.0 Å². The van der Waals surface area contributed by atoms with Gasteiger partial charge in [0, 0.05) is 49.0 Å². The van der Waals surface area contributed by atoms with Crippen molar-refractivity contribution in [2.45, 2.75) is 24.7 Å². The number of aliphatic hydroxyl groups excluding tert-OH is 1. The molecule has 2 N–H and O–H groups in total. The van der Waals surface area contributed by atoms with Crippen LogP contribution in [-0.2, 0) is 25.7 Å². The molecule has 262 valence electrons. The van der Waals surface area contributed by atoms with Crippen molar-refractivity contribution in [2.75, 3.05) is 13.6 Å². The highest BCUT2D eigenvalue weighted by atomic mass is 35.5. The first-order valence-electron chi connectivity index (χ1n) is 17.0. The summed E-state index contributed by atoms with van der Waals surface area (Å²) in [7, 11) is 3.77. The Labute approximate surface area is 311 Å². The van der Waals surface area contributed by atoms with Crippen molar-refractivity contribution in [1.82, 2.24) is 24.3 Å². The van der Waals surface area contributed by atoms with Crippen LogP contribution in [0.25, 0.3) is 10.2 Å². The van der Waals surface area contributed by atoms with Gasteiger partial charge in [-0.05, 0) is 47.5 Å². The van der Waals surface area contributed by atoms with Gasteiger partial charge in [0.2, 0.25) is 5.43 Å². The number of carbonyl (C=O) groups excluding carboxylic acids is 1. The second-order valence-electron chi connectivity index (χ2n) is 13.0. The molecule has 0 aliphatic rings. The summed E-state index contributed by atoms with van der Waals surface area (Å²) in [5.41, 5.74) is 3.70. The van der Waals surface area contributed by atoms with Crippen LogP contribution in [0.3, 0.4) is 0 Å². The Morgan fingerprint density at radius 2 is 1.48 bits per heavy atom. The Kier molecular flexibility index (Phi) is 10.2. The summed E-state index contributed by atoms with van der Waals surface area (Å²) in [5.74, 6) is -0.430. The number of amides is 1. The van der Waals surface area contributed by atoms with Crippen LogP contribution in [-0.4, -0.2) is 43.6 Å². The molecule has 4 aromatic carbocycles. The zero-order valence-corrected chi connectivity index (χ0v) is 30.4. The predicted molar refractivity (Wildman–Crippen MR) is 208 cm³/mol. The molecule has 7 rings (SSSR count). The minimum atomic E-state index is -0.872. The fourth-order valence-corrected chi connectivity index (χ4v) is 8.12. The number of thiophene rings is 1. The third kappa shape index (κ3) is 6.96. The number of rotatable bonds is 12. The van der Waals surface area contributed by atoms with Gasteiger partial charge < -0.3 is 19.6 Å². The lowest BCUT2D eigenvalue weighted by molar-refractivity contribution is 0.0949. The molecular formula is C42H38ClN5O3S. The fraction of sp³-hybridized carbons (Fsp3) is 0.167. The number of fused-ring (bicyclic) bond motifs is 1. The third-order valence-corrected chi connectivity index (χ3v) is 10.8. The number of likely N-dealkylation sites (N-methyl/N-ethyl adjacent to an activating group) is 1. The monoisotopic (exact) mass is 727 g/mol. The van der Waals surface area contributed by atoms with E-state index in [4.69, 9.17) is 16.6 Å². The van der Waals surface area contributed by atoms with Crippen LogP contribution in [0.1, 0.15) is 49.3 Å². The van der Waals surface area contributed by atoms with E-state index in [2.05, 4.69) is 46.3 Å². The number of halogens is 1. The van der Waals surface area contributed by atoms with Crippen molar-refractivity contribution in [3.63, 3.8) is 0 Å². The first-order valence-corrected chi connectivity index (χ1v) is 18.2. The van der Waals surface area contributed by atoms with E-state index in [-0.39, 0.29) is 17.5 Å². The molecule has 7 aromatic rings. The Balaban J connectivity index is 1.11. The second kappa shape index (κ2) is 15.1. The topological polar surface area (TPSA) is 92.4 Å². The van der Waals surface area contributed by atoms with Crippen molar-refractivity contribution in [2.24, 2.45) is 7.05 Å². The number of nitrogens with zero attached hydrogens (tertiary/aromatic N) is 4. The number of carbonyl (C=O) groups is 1. The third-order valence-electron chi connectivity index (χ3n) is 9.32. The van der Waals surface area contributed by atoms with Crippen LogP contribution in [0.5, 0.6) is 0 Å². The SMILES string of the molecule is CN(Cc1cc2c(=O)c(C(=O)NCc3ccc(Cl)cc3)cn(C)c2s1)CC(O)c1cn(C(c2ccccc2)(c2ccccc2)c2ccccc2)cn1. The van der Waals surface area contributed by atoms with Crippen LogP contribution < -0.4 is 10.7 Å². The van der Waals surface area contributed by atoms with E-state index >= 15 is 0 Å². The summed E-state index contributed by atoms with van der Waals surface area (Å²) in [6.07, 6.45) is 4.46. The van der Waals surface area contributed by atoms with Crippen LogP contribution in [0.2, 0.25) is 5.02 Å². The molecule has 52 heavy (non-hydrogen) atoms. The van der Waals surface area contributed by atoms with Gasteiger partial charge in [-0.2, -0.15) is 0 Å². The van der Waals surface area contributed by atoms with Gasteiger partial charge in [-0.3, -0.25) is 14.5 Å². The van der Waals surface area contributed by atoms with Crippen LogP contribution >= 0.6 is 22.9 Å². The normalized spacial score (nSPS) is 12.3. The molecule has 0 bridgehead atoms. The quantitative estimate of drug-likeness (QED) is 0.128. The van der Waals surface area contributed by atoms with Crippen LogP contribution in [0.15, 0.2) is 145 Å². The lowest BCUT2D eigenvalue weighted by Crippen LogP contribution is -2.37. The zero-order chi connectivity index (χ0) is 36.2. The summed E-state index contributed by atoms with van der Waals surface area (Å²) in [5, 5.41) is 15.5. The molecule has 3 heterocycles. The first kappa shape index (κ1) is 35.1. The minimum Gasteiger partial charge on any atom is -0.385 e. The van der Waals surface area contributed by atoms with Gasteiger partial charge in [0.05, 0.1) is 17.4 Å². The molecule has 0 saturated heterocycles. The van der Waals surface area contributed by atoms with Gasteiger partial charge in [0.15, 0.2) is 0 Å². The van der Waals surface area contributed by atoms with Crippen molar-refractivity contribution < 1.29 is 9.90 Å². The number of benzene rings is 4. The molecule has 3 aromatic heterocycles. The Hall–Kier alpha value is -5.32. The number of aromatic nitrogens is 3. The maximum absolute atomic E-state index is 13.5. The molecular weight excluding hydrogens is 690 g/mol. The van der Waals surface area contributed by atoms with Crippen molar-refractivity contribution >= 4 is 39.1 Å². The number of aliphatic hydroxyl groups is 1. The molecule has 0 aliphatic heterocycles. The molecule has 0 fully saturated rings. The number of aryl methyl sites for hydroxylation is 1. The average Bonchev–Trinajstić information content (AvgIpc) is 3.84. The predicted octanol–water partition coefficient (Wildman–Crippen LogP) is 7.39. The molecule has 10 heteroatoms. The van der Waals surface area contributed by atoms with E-state index < -0.39 is 17.6 Å². The van der Waals surface area contributed by atoms with E-state index in [0.717, 1.165) is 32.0 Å². The molecule has 0 aliphatic carbocycles. The van der Waals surface area contributed by atoms with Gasteiger partial charge in [-0.1, -0.05) is 115 Å². The molecule has 0 spiro atoms. The maximum atomic E-state index is 13.5. The molecule has 1 unspecified atom stereocenters. The Morgan fingerprint density at radius 3 is 2.06 bits per heavy atom. The highest BCUT2D eigenvalue weighted by Crippen LogP contribution is 2.41. The lowest BCUT2D eigenvalue weighted by atomic mass is 9.77. The van der Waals surface area contributed by atoms with Gasteiger partial charge >= 0.3 is 0 Å². The largest absolute Gasteiger partial charge is 0.385 e. The Morgan fingerprint density at radius 1 is 0.904 bits per heavy atom. The maximum Gasteiger partial charge on any atom is 0.257 e. The van der Waals surface area contributed by atoms with Crippen LogP contribution in [0, 0.1) is 0 Å². The molecule has 0 radical (unpaired) electrons. The summed E-state index contributed by atoms with van der Waals surface area (Å²) in [6.45, 7) is 1.09. The van der Waals surface area contributed by atoms with Gasteiger partial charge in [0.25, 0.3) is 5.91 Å². The number of hydrogen-bond acceptors (Lipinski definition) is 6. The van der Waals surface area contributed by atoms with Crippen LogP contribution in [0.4, 0.5) is 0 Å². The fourth-order valence-electron chi connectivity index (χ4n) is 6.83. The number of imidazole rings is 1. The molecule has 1 atom stereocenters. The van der Waals surface area contributed by atoms with E-state index in [1.165, 1.54) is 11.3 Å². The van der Waals surface area contributed by atoms with Crippen molar-refractivity contribution in [3.8, 4) is 0 Å². The highest BCUT2D eigenvalue weighted by molar-refractivity contribution is 7.18. The van der Waals surface area contributed by atoms with E-state index in [0.29, 0.717) is 29.2 Å².